The number of fused-ring (bicyclic) bond motifs is 1. The number of likely N-dealkylation sites (N-methyl/N-ethyl adjacent to an activating group) is 1. The molecule has 0 spiro atoms. The average Bonchev–Trinajstić information content (AvgIpc) is 3.38. The lowest BCUT2D eigenvalue weighted by Gasteiger charge is -2.32. The Bertz CT molecular complexity index is 1040. The molecule has 1 aromatic carbocycles. The highest BCUT2D eigenvalue weighted by Gasteiger charge is 2.29. The van der Waals surface area contributed by atoms with Crippen LogP contribution in [0.25, 0.3) is 10.2 Å². The van der Waals surface area contributed by atoms with Crippen molar-refractivity contribution >= 4 is 48.8 Å². The van der Waals surface area contributed by atoms with Crippen LogP contribution in [-0.4, -0.2) is 55.2 Å². The monoisotopic (exact) mass is 435 g/mol. The summed E-state index contributed by atoms with van der Waals surface area (Å²) in [6.45, 7) is 1.13. The van der Waals surface area contributed by atoms with Crippen molar-refractivity contribution in [3.8, 4) is 0 Å². The third kappa shape index (κ3) is 3.84. The molecule has 0 atom stereocenters. The largest absolute Gasteiger partial charge is 0.342 e. The van der Waals surface area contributed by atoms with Crippen LogP contribution in [0.5, 0.6) is 0 Å². The molecule has 1 saturated heterocycles. The van der Waals surface area contributed by atoms with Crippen LogP contribution in [0.3, 0.4) is 0 Å². The van der Waals surface area contributed by atoms with Crippen molar-refractivity contribution in [2.75, 3.05) is 26.7 Å². The van der Waals surface area contributed by atoms with Gasteiger partial charge >= 0.3 is 0 Å². The first-order chi connectivity index (χ1) is 13.4. The Kier molecular flexibility index (Phi) is 5.50. The van der Waals surface area contributed by atoms with Crippen molar-refractivity contribution in [2.24, 2.45) is 0 Å². The molecule has 28 heavy (non-hydrogen) atoms. The maximum absolute atomic E-state index is 12.6. The normalized spacial score (nSPS) is 16.1. The number of benzene rings is 1. The first kappa shape index (κ1) is 19.5. The lowest BCUT2D eigenvalue weighted by atomic mass is 9.97. The maximum Gasteiger partial charge on any atom is 0.252 e. The average molecular weight is 436 g/mol. The summed E-state index contributed by atoms with van der Waals surface area (Å²) < 4.78 is 27.6. The topological polar surface area (TPSA) is 70.6 Å². The second-order valence-corrected chi connectivity index (χ2v) is 11.1. The molecule has 0 radical (unpaired) electrons. The summed E-state index contributed by atoms with van der Waals surface area (Å²) in [5, 5.41) is 2.85. The molecule has 9 heteroatoms. The standard InChI is InChI=1S/C19H21N3O3S3/c1-21(28(24,25)18-7-4-12-26-18)13-17(23)22-10-8-14(9-11-22)19-20-15-5-2-3-6-16(15)27-19/h2-7,12,14H,8-11,13H2,1H3. The van der Waals surface area contributed by atoms with Crippen LogP contribution in [0.2, 0.25) is 0 Å². The molecule has 0 unspecified atom stereocenters. The number of thiazole rings is 1. The molecule has 0 aliphatic carbocycles. The van der Waals surface area contributed by atoms with Crippen molar-refractivity contribution in [1.82, 2.24) is 14.2 Å². The van der Waals surface area contributed by atoms with Gasteiger partial charge in [0, 0.05) is 26.1 Å². The van der Waals surface area contributed by atoms with E-state index in [2.05, 4.69) is 6.07 Å². The molecule has 0 N–H and O–H groups in total. The summed E-state index contributed by atoms with van der Waals surface area (Å²) in [4.78, 5) is 19.1. The van der Waals surface area contributed by atoms with E-state index < -0.39 is 10.0 Å². The molecule has 0 saturated carbocycles. The van der Waals surface area contributed by atoms with Crippen LogP contribution in [0, 0.1) is 0 Å². The fourth-order valence-corrected chi connectivity index (χ4v) is 6.84. The zero-order chi connectivity index (χ0) is 19.7. The van der Waals surface area contributed by atoms with E-state index in [-0.39, 0.29) is 16.7 Å². The lowest BCUT2D eigenvalue weighted by Crippen LogP contribution is -2.44. The van der Waals surface area contributed by atoms with E-state index in [0.717, 1.165) is 39.0 Å². The summed E-state index contributed by atoms with van der Waals surface area (Å²) in [7, 11) is -2.14. The number of sulfonamides is 1. The molecule has 4 rings (SSSR count). The number of hydrogen-bond acceptors (Lipinski definition) is 6. The van der Waals surface area contributed by atoms with Crippen LogP contribution < -0.4 is 0 Å². The molecular weight excluding hydrogens is 414 g/mol. The van der Waals surface area contributed by atoms with Gasteiger partial charge in [0.25, 0.3) is 10.0 Å². The Balaban J connectivity index is 1.36. The number of hydrogen-bond donors (Lipinski definition) is 0. The van der Waals surface area contributed by atoms with E-state index in [1.807, 2.05) is 18.2 Å². The van der Waals surface area contributed by atoms with Crippen molar-refractivity contribution in [2.45, 2.75) is 23.0 Å². The van der Waals surface area contributed by atoms with E-state index in [1.165, 1.54) is 11.7 Å². The minimum atomic E-state index is -3.60. The fourth-order valence-electron chi connectivity index (χ4n) is 3.38. The number of likely N-dealkylation sites (tertiary alicyclic amines) is 1. The smallest absolute Gasteiger partial charge is 0.252 e. The van der Waals surface area contributed by atoms with Gasteiger partial charge in [-0.3, -0.25) is 4.79 Å². The van der Waals surface area contributed by atoms with Crippen molar-refractivity contribution in [3.05, 3.63) is 46.8 Å². The molecule has 3 aromatic rings. The fraction of sp³-hybridized carbons (Fsp3) is 0.368. The summed E-state index contributed by atoms with van der Waals surface area (Å²) in [6.07, 6.45) is 1.71. The lowest BCUT2D eigenvalue weighted by molar-refractivity contribution is -0.132. The van der Waals surface area contributed by atoms with Gasteiger partial charge in [-0.05, 0) is 36.4 Å². The van der Waals surface area contributed by atoms with E-state index in [4.69, 9.17) is 4.98 Å². The Morgan fingerprint density at radius 3 is 2.64 bits per heavy atom. The highest BCUT2D eigenvalue weighted by molar-refractivity contribution is 7.91. The molecule has 1 fully saturated rings. The van der Waals surface area contributed by atoms with Gasteiger partial charge in [0.1, 0.15) is 4.21 Å². The van der Waals surface area contributed by atoms with E-state index in [9.17, 15) is 13.2 Å². The predicted molar refractivity (Wildman–Crippen MR) is 112 cm³/mol. The minimum Gasteiger partial charge on any atom is -0.342 e. The SMILES string of the molecule is CN(CC(=O)N1CCC(c2nc3ccccc3s2)CC1)S(=O)(=O)c1cccs1. The number of thiophene rings is 1. The van der Waals surface area contributed by atoms with Gasteiger partial charge in [-0.2, -0.15) is 4.31 Å². The Hall–Kier alpha value is -1.81. The molecule has 1 amide bonds. The number of carbonyl (C=O) groups is 1. The van der Waals surface area contributed by atoms with E-state index in [0.29, 0.717) is 19.0 Å². The highest BCUT2D eigenvalue weighted by atomic mass is 32.2. The molecule has 1 aliphatic rings. The molecule has 0 bridgehead atoms. The number of para-hydroxylation sites is 1. The first-order valence-electron chi connectivity index (χ1n) is 9.08. The third-order valence-electron chi connectivity index (χ3n) is 5.02. The Morgan fingerprint density at radius 2 is 1.96 bits per heavy atom. The van der Waals surface area contributed by atoms with Crippen LogP contribution in [0.4, 0.5) is 0 Å². The second kappa shape index (κ2) is 7.90. The van der Waals surface area contributed by atoms with Gasteiger partial charge in [-0.15, -0.1) is 22.7 Å². The summed E-state index contributed by atoms with van der Waals surface area (Å²) in [5.41, 5.74) is 1.03. The zero-order valence-electron chi connectivity index (χ0n) is 15.4. The Morgan fingerprint density at radius 1 is 1.21 bits per heavy atom. The number of aromatic nitrogens is 1. The van der Waals surface area contributed by atoms with Gasteiger partial charge in [-0.1, -0.05) is 18.2 Å². The van der Waals surface area contributed by atoms with E-state index >= 15 is 0 Å². The first-order valence-corrected chi connectivity index (χ1v) is 12.2. The maximum atomic E-state index is 12.6. The quantitative estimate of drug-likeness (QED) is 0.616. The van der Waals surface area contributed by atoms with Crippen molar-refractivity contribution < 1.29 is 13.2 Å². The molecule has 6 nitrogen and oxygen atoms in total. The molecule has 1 aliphatic heterocycles. The highest BCUT2D eigenvalue weighted by Crippen LogP contribution is 2.33. The van der Waals surface area contributed by atoms with E-state index in [1.54, 1.807) is 33.7 Å². The van der Waals surface area contributed by atoms with Crippen molar-refractivity contribution in [1.29, 1.82) is 0 Å². The summed E-state index contributed by atoms with van der Waals surface area (Å²) >= 11 is 2.89. The Labute approximate surface area is 172 Å². The number of nitrogens with zero attached hydrogens (tertiary/aromatic N) is 3. The van der Waals surface area contributed by atoms with Crippen molar-refractivity contribution in [3.63, 3.8) is 0 Å². The number of rotatable bonds is 5. The summed E-state index contributed by atoms with van der Waals surface area (Å²) in [6, 6.07) is 11.4. The van der Waals surface area contributed by atoms with Gasteiger partial charge < -0.3 is 4.90 Å². The summed E-state index contributed by atoms with van der Waals surface area (Å²) in [5.74, 6) is 0.208. The van der Waals surface area contributed by atoms with Gasteiger partial charge in [0.15, 0.2) is 0 Å². The van der Waals surface area contributed by atoms with Gasteiger partial charge in [-0.25, -0.2) is 13.4 Å². The minimum absolute atomic E-state index is 0.133. The van der Waals surface area contributed by atoms with Crippen LogP contribution in [0.1, 0.15) is 23.8 Å². The predicted octanol–water partition coefficient (Wildman–Crippen LogP) is 3.38. The molecule has 2 aromatic heterocycles. The van der Waals surface area contributed by atoms with Crippen LogP contribution in [-0.2, 0) is 14.8 Å². The molecule has 3 heterocycles. The molecular formula is C19H21N3O3S3. The van der Waals surface area contributed by atoms with Crippen LogP contribution >= 0.6 is 22.7 Å². The second-order valence-electron chi connectivity index (χ2n) is 6.87. The zero-order valence-corrected chi connectivity index (χ0v) is 17.9. The van der Waals surface area contributed by atoms with Gasteiger partial charge in [0.2, 0.25) is 5.91 Å². The number of amides is 1. The van der Waals surface area contributed by atoms with Gasteiger partial charge in [0.05, 0.1) is 21.8 Å². The number of carbonyl (C=O) groups excluding carboxylic acids is 1. The van der Waals surface area contributed by atoms with Crippen LogP contribution in [0.15, 0.2) is 46.0 Å². The molecule has 148 valence electrons. The number of piperidine rings is 1. The third-order valence-corrected chi connectivity index (χ3v) is 9.40.